The maximum atomic E-state index is 14.5. The average Bonchev–Trinajstić information content (AvgIpc) is 2.47. The van der Waals surface area contributed by atoms with Gasteiger partial charge in [-0.05, 0) is 56.3 Å². The Morgan fingerprint density at radius 3 is 2.48 bits per heavy atom. The first kappa shape index (κ1) is 14.8. The first-order valence-electron chi connectivity index (χ1n) is 8.10. The minimum Gasteiger partial charge on any atom is -0.364 e. The molecule has 1 aliphatic carbocycles. The van der Waals surface area contributed by atoms with E-state index in [2.05, 4.69) is 5.32 Å². The molecule has 0 aromatic heterocycles. The van der Waals surface area contributed by atoms with Crippen molar-refractivity contribution in [2.75, 3.05) is 18.5 Å². The molecule has 2 aliphatic rings. The van der Waals surface area contributed by atoms with Crippen molar-refractivity contribution in [3.63, 3.8) is 0 Å². The van der Waals surface area contributed by atoms with E-state index in [4.69, 9.17) is 0 Å². The maximum Gasteiger partial charge on any atom is 0.149 e. The lowest BCUT2D eigenvalue weighted by atomic mass is 9.78. The molecule has 3 rings (SSSR count). The van der Waals surface area contributed by atoms with Gasteiger partial charge < -0.3 is 10.2 Å². The third-order valence-electron chi connectivity index (χ3n) is 4.99. The number of anilines is 1. The summed E-state index contributed by atoms with van der Waals surface area (Å²) in [5.41, 5.74) is 0.861. The third kappa shape index (κ3) is 2.91. The van der Waals surface area contributed by atoms with Crippen LogP contribution in [0.4, 0.5) is 14.5 Å². The van der Waals surface area contributed by atoms with Gasteiger partial charge in [-0.3, -0.25) is 0 Å². The highest BCUT2D eigenvalue weighted by atomic mass is 19.1. The molecule has 2 unspecified atom stereocenters. The summed E-state index contributed by atoms with van der Waals surface area (Å²) in [5, 5.41) is 2.94. The van der Waals surface area contributed by atoms with Crippen LogP contribution in [0.2, 0.25) is 0 Å². The SMILES string of the molecule is CNCc1cc(F)c(N2CCCC3CCCCC32)c(F)c1. The molecule has 2 fully saturated rings. The van der Waals surface area contributed by atoms with Gasteiger partial charge in [-0.15, -0.1) is 0 Å². The number of rotatable bonds is 3. The molecule has 2 atom stereocenters. The zero-order chi connectivity index (χ0) is 14.8. The quantitative estimate of drug-likeness (QED) is 0.911. The molecule has 0 amide bonds. The highest BCUT2D eigenvalue weighted by Gasteiger charge is 2.35. The van der Waals surface area contributed by atoms with E-state index >= 15 is 0 Å². The number of hydrogen-bond donors (Lipinski definition) is 1. The van der Waals surface area contributed by atoms with Crippen molar-refractivity contribution in [2.45, 2.75) is 51.1 Å². The van der Waals surface area contributed by atoms with Gasteiger partial charge in [0.25, 0.3) is 0 Å². The summed E-state index contributed by atoms with van der Waals surface area (Å²) in [7, 11) is 1.78. The van der Waals surface area contributed by atoms with Crippen LogP contribution in [0.25, 0.3) is 0 Å². The van der Waals surface area contributed by atoms with Crippen LogP contribution in [0.5, 0.6) is 0 Å². The fourth-order valence-corrected chi connectivity index (χ4v) is 4.10. The van der Waals surface area contributed by atoms with Crippen LogP contribution < -0.4 is 10.2 Å². The predicted octanol–water partition coefficient (Wildman–Crippen LogP) is 3.84. The van der Waals surface area contributed by atoms with Crippen molar-refractivity contribution >= 4 is 5.69 Å². The standard InChI is InChI=1S/C17H24F2N2/c1-20-11-12-9-14(18)17(15(19)10-12)21-8-4-6-13-5-2-3-7-16(13)21/h9-10,13,16,20H,2-8,11H2,1H3. The Kier molecular flexibility index (Phi) is 4.43. The normalized spacial score (nSPS) is 25.8. The Morgan fingerprint density at radius 2 is 1.76 bits per heavy atom. The second-order valence-electron chi connectivity index (χ2n) is 6.39. The number of benzene rings is 1. The van der Waals surface area contributed by atoms with Crippen LogP contribution in [0.1, 0.15) is 44.1 Å². The summed E-state index contributed by atoms with van der Waals surface area (Å²) in [5.74, 6) is -0.207. The molecule has 4 heteroatoms. The second-order valence-corrected chi connectivity index (χ2v) is 6.39. The molecule has 1 aliphatic heterocycles. The molecular formula is C17H24F2N2. The monoisotopic (exact) mass is 294 g/mol. The number of halogens is 2. The van der Waals surface area contributed by atoms with E-state index in [9.17, 15) is 8.78 Å². The van der Waals surface area contributed by atoms with E-state index in [-0.39, 0.29) is 5.69 Å². The molecule has 1 aromatic rings. The number of piperidine rings is 1. The Morgan fingerprint density at radius 1 is 1.10 bits per heavy atom. The summed E-state index contributed by atoms with van der Waals surface area (Å²) in [6.45, 7) is 1.26. The summed E-state index contributed by atoms with van der Waals surface area (Å²) >= 11 is 0. The Bertz CT molecular complexity index is 479. The minimum atomic E-state index is -0.411. The fourth-order valence-electron chi connectivity index (χ4n) is 4.10. The van der Waals surface area contributed by atoms with Gasteiger partial charge in [0.05, 0.1) is 0 Å². The van der Waals surface area contributed by atoms with Gasteiger partial charge >= 0.3 is 0 Å². The fraction of sp³-hybridized carbons (Fsp3) is 0.647. The molecule has 1 saturated carbocycles. The molecule has 0 radical (unpaired) electrons. The average molecular weight is 294 g/mol. The van der Waals surface area contributed by atoms with Crippen LogP contribution in [-0.2, 0) is 6.54 Å². The van der Waals surface area contributed by atoms with Crippen molar-refractivity contribution in [3.05, 3.63) is 29.3 Å². The topological polar surface area (TPSA) is 15.3 Å². The zero-order valence-corrected chi connectivity index (χ0v) is 12.7. The van der Waals surface area contributed by atoms with Gasteiger partial charge in [-0.2, -0.15) is 0 Å². The summed E-state index contributed by atoms with van der Waals surface area (Å²) < 4.78 is 28.9. The van der Waals surface area contributed by atoms with Crippen molar-refractivity contribution in [3.8, 4) is 0 Å². The van der Waals surface area contributed by atoms with Crippen LogP contribution in [0.3, 0.4) is 0 Å². The van der Waals surface area contributed by atoms with E-state index in [0.29, 0.717) is 24.1 Å². The Labute approximate surface area is 125 Å². The van der Waals surface area contributed by atoms with E-state index in [1.165, 1.54) is 37.8 Å². The molecule has 1 aromatic carbocycles. The van der Waals surface area contributed by atoms with Crippen molar-refractivity contribution in [1.29, 1.82) is 0 Å². The molecule has 1 saturated heterocycles. The first-order valence-corrected chi connectivity index (χ1v) is 8.10. The number of hydrogen-bond acceptors (Lipinski definition) is 2. The molecule has 0 spiro atoms. The van der Waals surface area contributed by atoms with Gasteiger partial charge in [0, 0.05) is 19.1 Å². The molecule has 116 valence electrons. The maximum absolute atomic E-state index is 14.5. The zero-order valence-electron chi connectivity index (χ0n) is 12.7. The van der Waals surface area contributed by atoms with Gasteiger partial charge in [0.2, 0.25) is 0 Å². The predicted molar refractivity (Wildman–Crippen MR) is 81.4 cm³/mol. The van der Waals surface area contributed by atoms with Crippen molar-refractivity contribution < 1.29 is 8.78 Å². The van der Waals surface area contributed by atoms with Gasteiger partial charge in [0.15, 0.2) is 0 Å². The number of fused-ring (bicyclic) bond motifs is 1. The van der Waals surface area contributed by atoms with E-state index in [1.807, 2.05) is 4.90 Å². The van der Waals surface area contributed by atoms with Crippen molar-refractivity contribution in [1.82, 2.24) is 5.32 Å². The lowest BCUT2D eigenvalue weighted by Gasteiger charge is -2.45. The van der Waals surface area contributed by atoms with E-state index in [1.54, 1.807) is 7.05 Å². The summed E-state index contributed by atoms with van der Waals surface area (Å²) in [6, 6.07) is 3.27. The van der Waals surface area contributed by atoms with Crippen LogP contribution in [-0.4, -0.2) is 19.6 Å². The van der Waals surface area contributed by atoms with Crippen LogP contribution in [0.15, 0.2) is 12.1 Å². The van der Waals surface area contributed by atoms with Crippen molar-refractivity contribution in [2.24, 2.45) is 5.92 Å². The molecule has 1 N–H and O–H groups in total. The summed E-state index contributed by atoms with van der Waals surface area (Å²) in [6.07, 6.45) is 6.98. The highest BCUT2D eigenvalue weighted by Crippen LogP contribution is 2.39. The molecule has 21 heavy (non-hydrogen) atoms. The second kappa shape index (κ2) is 6.30. The van der Waals surface area contributed by atoms with Crippen LogP contribution in [0, 0.1) is 17.6 Å². The highest BCUT2D eigenvalue weighted by molar-refractivity contribution is 5.52. The number of nitrogens with one attached hydrogen (secondary N) is 1. The largest absolute Gasteiger partial charge is 0.364 e. The Hall–Kier alpha value is -1.16. The molecule has 0 bridgehead atoms. The van der Waals surface area contributed by atoms with Gasteiger partial charge in [0.1, 0.15) is 17.3 Å². The third-order valence-corrected chi connectivity index (χ3v) is 4.99. The lowest BCUT2D eigenvalue weighted by molar-refractivity contribution is 0.241. The molecule has 1 heterocycles. The minimum absolute atomic E-state index is 0.200. The van der Waals surface area contributed by atoms with Crippen LogP contribution >= 0.6 is 0 Å². The molecule has 2 nitrogen and oxygen atoms in total. The lowest BCUT2D eigenvalue weighted by Crippen LogP contribution is -2.47. The molecular weight excluding hydrogens is 270 g/mol. The number of nitrogens with zero attached hydrogens (tertiary/aromatic N) is 1. The van der Waals surface area contributed by atoms with E-state index in [0.717, 1.165) is 19.4 Å². The van der Waals surface area contributed by atoms with Gasteiger partial charge in [-0.25, -0.2) is 8.78 Å². The van der Waals surface area contributed by atoms with E-state index < -0.39 is 11.6 Å². The smallest absolute Gasteiger partial charge is 0.149 e. The summed E-state index contributed by atoms with van der Waals surface area (Å²) in [4.78, 5) is 2.02. The Balaban J connectivity index is 1.91. The first-order chi connectivity index (χ1) is 10.2. The van der Waals surface area contributed by atoms with Gasteiger partial charge in [-0.1, -0.05) is 12.8 Å².